The van der Waals surface area contributed by atoms with Crippen molar-refractivity contribution in [2.24, 2.45) is 0 Å². The molecular formula is C15H18N2O2. The van der Waals surface area contributed by atoms with Crippen LogP contribution in [-0.4, -0.2) is 17.2 Å². The van der Waals surface area contributed by atoms with E-state index in [1.165, 1.54) is 0 Å². The predicted octanol–water partition coefficient (Wildman–Crippen LogP) is 2.50. The van der Waals surface area contributed by atoms with E-state index in [-0.39, 0.29) is 6.61 Å². The summed E-state index contributed by atoms with van der Waals surface area (Å²) in [5, 5.41) is 12.7. The fraction of sp³-hybridized carbons (Fsp3) is 0.267. The second kappa shape index (κ2) is 6.20. The van der Waals surface area contributed by atoms with Gasteiger partial charge in [0, 0.05) is 18.3 Å². The minimum absolute atomic E-state index is 0.0132. The summed E-state index contributed by atoms with van der Waals surface area (Å²) >= 11 is 0. The van der Waals surface area contributed by atoms with Crippen LogP contribution >= 0.6 is 0 Å². The standard InChI is InChI=1S/C15H18N2O2/c1-11-7-16-9-15(14(11)10-18)17-8-12-3-5-13(19-2)6-4-12/h3-7,9,17-18H,8,10H2,1-2H3. The molecule has 0 aliphatic heterocycles. The largest absolute Gasteiger partial charge is 0.497 e. The van der Waals surface area contributed by atoms with Crippen molar-refractivity contribution in [1.82, 2.24) is 4.98 Å². The summed E-state index contributed by atoms with van der Waals surface area (Å²) in [6.45, 7) is 2.64. The van der Waals surface area contributed by atoms with E-state index < -0.39 is 0 Å². The van der Waals surface area contributed by atoms with Gasteiger partial charge in [-0.05, 0) is 30.2 Å². The van der Waals surface area contributed by atoms with Crippen LogP contribution in [0.3, 0.4) is 0 Å². The van der Waals surface area contributed by atoms with Gasteiger partial charge in [-0.2, -0.15) is 0 Å². The van der Waals surface area contributed by atoms with E-state index in [0.29, 0.717) is 6.54 Å². The van der Waals surface area contributed by atoms with Crippen LogP contribution in [-0.2, 0) is 13.2 Å². The fourth-order valence-corrected chi connectivity index (χ4v) is 1.89. The zero-order valence-corrected chi connectivity index (χ0v) is 11.2. The number of aliphatic hydroxyl groups excluding tert-OH is 1. The molecule has 0 unspecified atom stereocenters. The van der Waals surface area contributed by atoms with Gasteiger partial charge in [0.1, 0.15) is 5.75 Å². The van der Waals surface area contributed by atoms with Crippen LogP contribution in [0.5, 0.6) is 5.75 Å². The molecule has 19 heavy (non-hydrogen) atoms. The molecule has 100 valence electrons. The van der Waals surface area contributed by atoms with Crippen molar-refractivity contribution in [2.75, 3.05) is 12.4 Å². The monoisotopic (exact) mass is 258 g/mol. The number of hydrogen-bond acceptors (Lipinski definition) is 4. The molecule has 4 heteroatoms. The molecule has 2 N–H and O–H groups in total. The molecule has 0 fully saturated rings. The molecule has 0 spiro atoms. The van der Waals surface area contributed by atoms with Crippen molar-refractivity contribution in [3.8, 4) is 5.75 Å². The first-order valence-corrected chi connectivity index (χ1v) is 6.15. The molecule has 2 aromatic rings. The van der Waals surface area contributed by atoms with Gasteiger partial charge in [-0.25, -0.2) is 0 Å². The van der Waals surface area contributed by atoms with Gasteiger partial charge >= 0.3 is 0 Å². The van der Waals surface area contributed by atoms with Crippen molar-refractivity contribution in [2.45, 2.75) is 20.1 Å². The summed E-state index contributed by atoms with van der Waals surface area (Å²) in [5.41, 5.74) is 3.90. The van der Waals surface area contributed by atoms with Gasteiger partial charge in [0.15, 0.2) is 0 Å². The van der Waals surface area contributed by atoms with Gasteiger partial charge in [0.2, 0.25) is 0 Å². The molecule has 0 saturated carbocycles. The van der Waals surface area contributed by atoms with E-state index >= 15 is 0 Å². The first kappa shape index (κ1) is 13.4. The lowest BCUT2D eigenvalue weighted by Gasteiger charge is -2.12. The van der Waals surface area contributed by atoms with Gasteiger partial charge in [-0.3, -0.25) is 4.98 Å². The Balaban J connectivity index is 2.07. The third-order valence-corrected chi connectivity index (χ3v) is 3.07. The quantitative estimate of drug-likeness (QED) is 0.865. The Morgan fingerprint density at radius 3 is 2.58 bits per heavy atom. The molecule has 1 aromatic heterocycles. The summed E-state index contributed by atoms with van der Waals surface area (Å²) in [7, 11) is 1.65. The van der Waals surface area contributed by atoms with Crippen LogP contribution in [0, 0.1) is 6.92 Å². The number of benzene rings is 1. The molecule has 4 nitrogen and oxygen atoms in total. The Labute approximate surface area is 113 Å². The van der Waals surface area contributed by atoms with Crippen LogP contribution in [0.4, 0.5) is 5.69 Å². The van der Waals surface area contributed by atoms with Crippen molar-refractivity contribution in [3.63, 3.8) is 0 Å². The average Bonchev–Trinajstić information content (AvgIpc) is 2.45. The Bertz CT molecular complexity index is 538. The number of aromatic nitrogens is 1. The number of hydrogen-bond donors (Lipinski definition) is 2. The number of anilines is 1. The maximum absolute atomic E-state index is 9.38. The molecule has 2 rings (SSSR count). The van der Waals surface area contributed by atoms with Gasteiger partial charge in [0.25, 0.3) is 0 Å². The highest BCUT2D eigenvalue weighted by atomic mass is 16.5. The average molecular weight is 258 g/mol. The second-order valence-corrected chi connectivity index (χ2v) is 4.34. The number of pyridine rings is 1. The molecule has 0 saturated heterocycles. The zero-order valence-electron chi connectivity index (χ0n) is 11.2. The van der Waals surface area contributed by atoms with Crippen LogP contribution in [0.25, 0.3) is 0 Å². The molecule has 1 heterocycles. The molecule has 1 aromatic carbocycles. The van der Waals surface area contributed by atoms with Gasteiger partial charge in [-0.1, -0.05) is 12.1 Å². The summed E-state index contributed by atoms with van der Waals surface area (Å²) in [5.74, 6) is 0.844. The third kappa shape index (κ3) is 3.23. The highest BCUT2D eigenvalue weighted by molar-refractivity contribution is 5.52. The first-order valence-electron chi connectivity index (χ1n) is 6.15. The van der Waals surface area contributed by atoms with E-state index in [2.05, 4.69) is 10.3 Å². The maximum atomic E-state index is 9.38. The van der Waals surface area contributed by atoms with E-state index in [0.717, 1.165) is 28.1 Å². The van der Waals surface area contributed by atoms with Crippen molar-refractivity contribution < 1.29 is 9.84 Å². The molecule has 0 aliphatic rings. The van der Waals surface area contributed by atoms with Crippen LogP contribution in [0.1, 0.15) is 16.7 Å². The number of nitrogens with zero attached hydrogens (tertiary/aromatic N) is 1. The molecule has 0 atom stereocenters. The van der Waals surface area contributed by atoms with Gasteiger partial charge in [0.05, 0.1) is 25.6 Å². The third-order valence-electron chi connectivity index (χ3n) is 3.07. The molecule has 0 radical (unpaired) electrons. The van der Waals surface area contributed by atoms with Crippen molar-refractivity contribution >= 4 is 5.69 Å². The molecule has 0 amide bonds. The SMILES string of the molecule is COc1ccc(CNc2cncc(C)c2CO)cc1. The summed E-state index contributed by atoms with van der Waals surface area (Å²) in [6.07, 6.45) is 3.49. The number of ether oxygens (including phenoxy) is 1. The molecule has 0 aliphatic carbocycles. The summed E-state index contributed by atoms with van der Waals surface area (Å²) in [4.78, 5) is 4.14. The normalized spacial score (nSPS) is 10.3. The topological polar surface area (TPSA) is 54.4 Å². The van der Waals surface area contributed by atoms with Crippen LogP contribution < -0.4 is 10.1 Å². The molecule has 0 bridgehead atoms. The lowest BCUT2D eigenvalue weighted by atomic mass is 10.1. The van der Waals surface area contributed by atoms with Crippen molar-refractivity contribution in [1.29, 1.82) is 0 Å². The summed E-state index contributed by atoms with van der Waals surface area (Å²) in [6, 6.07) is 7.87. The van der Waals surface area contributed by atoms with E-state index in [9.17, 15) is 5.11 Å². The van der Waals surface area contributed by atoms with Gasteiger partial charge < -0.3 is 15.2 Å². The minimum atomic E-state index is 0.0132. The zero-order chi connectivity index (χ0) is 13.7. The maximum Gasteiger partial charge on any atom is 0.118 e. The van der Waals surface area contributed by atoms with E-state index in [4.69, 9.17) is 4.74 Å². The van der Waals surface area contributed by atoms with Crippen LogP contribution in [0.15, 0.2) is 36.7 Å². The lowest BCUT2D eigenvalue weighted by molar-refractivity contribution is 0.281. The second-order valence-electron chi connectivity index (χ2n) is 4.34. The Morgan fingerprint density at radius 1 is 1.21 bits per heavy atom. The first-order chi connectivity index (χ1) is 9.24. The Morgan fingerprint density at radius 2 is 1.95 bits per heavy atom. The number of aliphatic hydroxyl groups is 1. The molecular weight excluding hydrogens is 240 g/mol. The highest BCUT2D eigenvalue weighted by Crippen LogP contribution is 2.19. The number of aryl methyl sites for hydroxylation is 1. The fourth-order valence-electron chi connectivity index (χ4n) is 1.89. The lowest BCUT2D eigenvalue weighted by Crippen LogP contribution is -2.04. The van der Waals surface area contributed by atoms with Gasteiger partial charge in [-0.15, -0.1) is 0 Å². The van der Waals surface area contributed by atoms with E-state index in [1.54, 1.807) is 19.5 Å². The summed E-state index contributed by atoms with van der Waals surface area (Å²) < 4.78 is 5.12. The predicted molar refractivity (Wildman–Crippen MR) is 75.2 cm³/mol. The highest BCUT2D eigenvalue weighted by Gasteiger charge is 2.05. The number of methoxy groups -OCH3 is 1. The smallest absolute Gasteiger partial charge is 0.118 e. The Kier molecular flexibility index (Phi) is 4.36. The number of rotatable bonds is 5. The number of nitrogens with one attached hydrogen (secondary N) is 1. The minimum Gasteiger partial charge on any atom is -0.497 e. The Hall–Kier alpha value is -2.07. The van der Waals surface area contributed by atoms with Crippen molar-refractivity contribution in [3.05, 3.63) is 53.3 Å². The van der Waals surface area contributed by atoms with E-state index in [1.807, 2.05) is 31.2 Å². The van der Waals surface area contributed by atoms with Crippen LogP contribution in [0.2, 0.25) is 0 Å².